The van der Waals surface area contributed by atoms with E-state index in [1.165, 1.54) is 6.07 Å². The summed E-state index contributed by atoms with van der Waals surface area (Å²) >= 11 is 5.65. The van der Waals surface area contributed by atoms with Gasteiger partial charge in [-0.25, -0.2) is 0 Å². The molecule has 1 aliphatic carbocycles. The van der Waals surface area contributed by atoms with Gasteiger partial charge in [-0.3, -0.25) is 4.79 Å². The van der Waals surface area contributed by atoms with Crippen molar-refractivity contribution in [1.29, 1.82) is 0 Å². The molecule has 3 N–H and O–H groups in total. The lowest BCUT2D eigenvalue weighted by molar-refractivity contribution is -0.136. The van der Waals surface area contributed by atoms with Gasteiger partial charge in [0.05, 0.1) is 22.8 Å². The zero-order chi connectivity index (χ0) is 14.2. The normalized spacial score (nSPS) is 15.6. The molecule has 104 valence electrons. The van der Waals surface area contributed by atoms with Gasteiger partial charge in [0.25, 0.3) is 0 Å². The Morgan fingerprint density at radius 2 is 2.05 bits per heavy atom. The molecule has 0 aromatic heterocycles. The molecule has 2 rings (SSSR count). The van der Waals surface area contributed by atoms with Crippen molar-refractivity contribution in [3.05, 3.63) is 28.3 Å². The first-order chi connectivity index (χ1) is 8.79. The van der Waals surface area contributed by atoms with E-state index < -0.39 is 23.2 Å². The van der Waals surface area contributed by atoms with E-state index in [0.29, 0.717) is 6.04 Å². The van der Waals surface area contributed by atoms with Gasteiger partial charge in [0.1, 0.15) is 0 Å². The van der Waals surface area contributed by atoms with Crippen LogP contribution >= 0.6 is 11.6 Å². The molecule has 1 fully saturated rings. The van der Waals surface area contributed by atoms with Crippen molar-refractivity contribution in [2.75, 3.05) is 12.3 Å². The molecule has 1 aliphatic rings. The molecule has 0 aliphatic heterocycles. The van der Waals surface area contributed by atoms with Gasteiger partial charge in [0.15, 0.2) is 5.78 Å². The first kappa shape index (κ1) is 14.1. The topological polar surface area (TPSA) is 55.1 Å². The smallest absolute Gasteiger partial charge is 0.397 e. The number of halogens is 4. The summed E-state index contributed by atoms with van der Waals surface area (Å²) in [6.07, 6.45) is -2.65. The molecule has 0 unspecified atom stereocenters. The van der Waals surface area contributed by atoms with Gasteiger partial charge in [0.2, 0.25) is 0 Å². The third kappa shape index (κ3) is 3.39. The summed E-state index contributed by atoms with van der Waals surface area (Å²) in [7, 11) is 0. The molecule has 1 saturated carbocycles. The summed E-state index contributed by atoms with van der Waals surface area (Å²) in [5.74, 6) is -0.431. The fourth-order valence-corrected chi connectivity index (χ4v) is 1.86. The molecular formula is C12H12ClF3N2O. The van der Waals surface area contributed by atoms with Gasteiger partial charge >= 0.3 is 6.18 Å². The molecule has 0 heterocycles. The number of carbonyl (C=O) groups is 1. The zero-order valence-corrected chi connectivity index (χ0v) is 10.6. The van der Waals surface area contributed by atoms with Crippen LogP contribution in [0.1, 0.15) is 28.8 Å². The first-order valence-electron chi connectivity index (χ1n) is 5.72. The second kappa shape index (κ2) is 5.02. The lowest BCUT2D eigenvalue weighted by atomic mass is 10.0. The highest BCUT2D eigenvalue weighted by Gasteiger charge is 2.34. The molecule has 7 heteroatoms. The number of Topliss-reactive ketones (excluding diaryl/α,β-unsaturated/α-hetero) is 1. The van der Waals surface area contributed by atoms with E-state index in [2.05, 4.69) is 5.32 Å². The van der Waals surface area contributed by atoms with Crippen molar-refractivity contribution >= 4 is 23.1 Å². The van der Waals surface area contributed by atoms with E-state index in [-0.39, 0.29) is 17.1 Å². The minimum absolute atomic E-state index is 0.00219. The minimum atomic E-state index is -4.63. The highest BCUT2D eigenvalue weighted by molar-refractivity contribution is 6.33. The Labute approximate surface area is 112 Å². The van der Waals surface area contributed by atoms with E-state index >= 15 is 0 Å². The molecular weight excluding hydrogens is 281 g/mol. The molecule has 0 saturated heterocycles. The highest BCUT2D eigenvalue weighted by atomic mass is 35.5. The van der Waals surface area contributed by atoms with Gasteiger partial charge in [0, 0.05) is 11.6 Å². The van der Waals surface area contributed by atoms with Crippen LogP contribution in [0.3, 0.4) is 0 Å². The summed E-state index contributed by atoms with van der Waals surface area (Å²) in [5, 5.41) is 2.68. The number of nitrogen functional groups attached to an aromatic ring is 1. The number of alkyl halides is 3. The maximum absolute atomic E-state index is 12.7. The molecule has 1 aromatic rings. The van der Waals surface area contributed by atoms with Crippen LogP contribution in [0.4, 0.5) is 18.9 Å². The van der Waals surface area contributed by atoms with Gasteiger partial charge in [-0.05, 0) is 25.0 Å². The number of nitrogens with two attached hydrogens (primary N) is 1. The number of hydrogen-bond acceptors (Lipinski definition) is 3. The van der Waals surface area contributed by atoms with Crippen LogP contribution < -0.4 is 11.1 Å². The van der Waals surface area contributed by atoms with Crippen LogP contribution in [-0.4, -0.2) is 18.4 Å². The van der Waals surface area contributed by atoms with E-state index in [1.807, 2.05) is 0 Å². The van der Waals surface area contributed by atoms with Crippen LogP contribution in [0.5, 0.6) is 0 Å². The van der Waals surface area contributed by atoms with Crippen LogP contribution in [0.25, 0.3) is 0 Å². The Kier molecular flexibility index (Phi) is 3.73. The van der Waals surface area contributed by atoms with Crippen LogP contribution in [0.2, 0.25) is 5.02 Å². The van der Waals surface area contributed by atoms with Crippen LogP contribution in [0.15, 0.2) is 12.1 Å². The predicted molar refractivity (Wildman–Crippen MR) is 66.2 cm³/mol. The van der Waals surface area contributed by atoms with E-state index in [9.17, 15) is 18.0 Å². The Morgan fingerprint density at radius 3 is 2.58 bits per heavy atom. The monoisotopic (exact) mass is 292 g/mol. The van der Waals surface area contributed by atoms with Crippen LogP contribution in [0, 0.1) is 0 Å². The largest absolute Gasteiger partial charge is 0.418 e. The van der Waals surface area contributed by atoms with E-state index in [4.69, 9.17) is 17.3 Å². The number of rotatable bonds is 4. The van der Waals surface area contributed by atoms with E-state index in [0.717, 1.165) is 18.9 Å². The lowest BCUT2D eigenvalue weighted by Crippen LogP contribution is -2.25. The molecule has 0 radical (unpaired) electrons. The molecule has 3 nitrogen and oxygen atoms in total. The van der Waals surface area contributed by atoms with E-state index in [1.54, 1.807) is 0 Å². The summed E-state index contributed by atoms with van der Waals surface area (Å²) in [4.78, 5) is 11.8. The third-order valence-corrected chi connectivity index (χ3v) is 3.20. The van der Waals surface area contributed by atoms with Gasteiger partial charge in [-0.2, -0.15) is 13.2 Å². The van der Waals surface area contributed by atoms with Crippen LogP contribution in [-0.2, 0) is 6.18 Å². The number of ketones is 1. The Bertz CT molecular complexity index is 512. The van der Waals surface area contributed by atoms with Crippen molar-refractivity contribution in [2.45, 2.75) is 25.1 Å². The number of nitrogens with one attached hydrogen (secondary N) is 1. The Balaban J connectivity index is 2.25. The molecule has 0 amide bonds. The standard InChI is InChI=1S/C12H12ClF3N2O/c13-9-4-6(10(19)5-18-7-1-2-7)3-8(11(9)17)12(14,15)16/h3-4,7,18H,1-2,5,17H2. The van der Waals surface area contributed by atoms with Gasteiger partial charge < -0.3 is 11.1 Å². The zero-order valence-electron chi connectivity index (χ0n) is 9.85. The van der Waals surface area contributed by atoms with Crippen molar-refractivity contribution < 1.29 is 18.0 Å². The highest BCUT2D eigenvalue weighted by Crippen LogP contribution is 2.37. The summed E-state index contributed by atoms with van der Waals surface area (Å²) < 4.78 is 38.2. The summed E-state index contributed by atoms with van der Waals surface area (Å²) in [6.45, 7) is 0.00219. The second-order valence-corrected chi connectivity index (χ2v) is 4.90. The summed E-state index contributed by atoms with van der Waals surface area (Å²) in [6, 6.07) is 2.22. The van der Waals surface area contributed by atoms with Gasteiger partial charge in [-0.1, -0.05) is 11.6 Å². The first-order valence-corrected chi connectivity index (χ1v) is 6.09. The molecule has 0 atom stereocenters. The third-order valence-electron chi connectivity index (χ3n) is 2.89. The Hall–Kier alpha value is -1.27. The van der Waals surface area contributed by atoms with Gasteiger partial charge in [-0.15, -0.1) is 0 Å². The number of carbonyl (C=O) groups excluding carboxylic acids is 1. The maximum Gasteiger partial charge on any atom is 0.418 e. The maximum atomic E-state index is 12.7. The lowest BCUT2D eigenvalue weighted by Gasteiger charge is -2.13. The van der Waals surface area contributed by atoms with Crippen molar-refractivity contribution in [1.82, 2.24) is 5.32 Å². The average molecular weight is 293 g/mol. The molecule has 0 bridgehead atoms. The van der Waals surface area contributed by atoms with Crippen molar-refractivity contribution in [2.24, 2.45) is 0 Å². The molecule has 0 spiro atoms. The SMILES string of the molecule is Nc1c(Cl)cc(C(=O)CNC2CC2)cc1C(F)(F)F. The fraction of sp³-hybridized carbons (Fsp3) is 0.417. The number of benzene rings is 1. The summed E-state index contributed by atoms with van der Waals surface area (Å²) in [5.41, 5.74) is 3.58. The molecule has 19 heavy (non-hydrogen) atoms. The van der Waals surface area contributed by atoms with Crippen molar-refractivity contribution in [3.63, 3.8) is 0 Å². The number of anilines is 1. The quantitative estimate of drug-likeness (QED) is 0.663. The Morgan fingerprint density at radius 1 is 1.42 bits per heavy atom. The molecule has 1 aromatic carbocycles. The predicted octanol–water partition coefficient (Wildman–Crippen LogP) is 2.88. The average Bonchev–Trinajstić information content (AvgIpc) is 3.11. The minimum Gasteiger partial charge on any atom is -0.397 e. The second-order valence-electron chi connectivity index (χ2n) is 4.50. The fourth-order valence-electron chi connectivity index (χ4n) is 1.64. The number of hydrogen-bond donors (Lipinski definition) is 2. The van der Waals surface area contributed by atoms with Crippen molar-refractivity contribution in [3.8, 4) is 0 Å².